The van der Waals surface area contributed by atoms with E-state index in [0.717, 1.165) is 0 Å². The van der Waals surface area contributed by atoms with Gasteiger partial charge >= 0.3 is 11.8 Å². The number of fused-ring (bicyclic) bond motifs is 1. The Morgan fingerprint density at radius 1 is 1.21 bits per heavy atom. The van der Waals surface area contributed by atoms with Crippen LogP contribution in [-0.4, -0.2) is 63.7 Å². The number of nitrogens with zero attached hydrogens (tertiary/aromatic N) is 4. The highest BCUT2D eigenvalue weighted by Gasteiger charge is 2.35. The molecule has 1 saturated heterocycles. The van der Waals surface area contributed by atoms with E-state index in [1.165, 1.54) is 16.8 Å². The second kappa shape index (κ2) is 10.7. The summed E-state index contributed by atoms with van der Waals surface area (Å²) in [6, 6.07) is 3.26. The quantitative estimate of drug-likeness (QED) is 0.358. The van der Waals surface area contributed by atoms with Crippen molar-refractivity contribution in [3.05, 3.63) is 41.5 Å². The summed E-state index contributed by atoms with van der Waals surface area (Å²) >= 11 is 0. The van der Waals surface area contributed by atoms with Gasteiger partial charge < -0.3 is 20.8 Å². The van der Waals surface area contributed by atoms with Gasteiger partial charge in [0.25, 0.3) is 5.91 Å². The highest BCUT2D eigenvalue weighted by atomic mass is 32.2. The molecule has 1 aromatic carbocycles. The SMILES string of the molecule is CC(C)(C)C(NC(=O)c1nn(CC2CCS(=O)(=O)CC2)c2c(F)cccc12)C(=O)NCc1nnc(C(N)=O)o1. The molecular formula is C24H30FN7O6S. The molecule has 15 heteroatoms. The molecule has 1 atom stereocenters. The number of nitrogens with one attached hydrogen (secondary N) is 2. The number of hydrogen-bond acceptors (Lipinski definition) is 9. The lowest BCUT2D eigenvalue weighted by molar-refractivity contribution is -0.125. The minimum atomic E-state index is -3.07. The van der Waals surface area contributed by atoms with Crippen LogP contribution in [0, 0.1) is 17.2 Å². The number of primary amides is 1. The average molecular weight is 564 g/mol. The summed E-state index contributed by atoms with van der Waals surface area (Å²) in [5, 5.41) is 17.1. The molecule has 39 heavy (non-hydrogen) atoms. The molecule has 3 amide bonds. The summed E-state index contributed by atoms with van der Waals surface area (Å²) in [7, 11) is -3.07. The number of rotatable bonds is 8. The number of nitrogens with two attached hydrogens (primary N) is 1. The number of carbonyl (C=O) groups is 3. The molecule has 0 bridgehead atoms. The summed E-state index contributed by atoms with van der Waals surface area (Å²) in [5.41, 5.74) is 4.42. The summed E-state index contributed by atoms with van der Waals surface area (Å²) in [6.45, 7) is 5.30. The van der Waals surface area contributed by atoms with E-state index in [0.29, 0.717) is 12.8 Å². The van der Waals surface area contributed by atoms with Gasteiger partial charge in [0.05, 0.1) is 18.1 Å². The van der Waals surface area contributed by atoms with Crippen LogP contribution in [0.1, 0.15) is 60.7 Å². The van der Waals surface area contributed by atoms with Crippen molar-refractivity contribution in [2.24, 2.45) is 17.1 Å². The van der Waals surface area contributed by atoms with E-state index in [9.17, 15) is 27.2 Å². The maximum atomic E-state index is 14.9. The largest absolute Gasteiger partial charge is 0.415 e. The monoisotopic (exact) mass is 563 g/mol. The van der Waals surface area contributed by atoms with Crippen LogP contribution in [0.15, 0.2) is 22.6 Å². The van der Waals surface area contributed by atoms with Crippen molar-refractivity contribution in [2.45, 2.75) is 52.7 Å². The third-order valence-corrected chi connectivity index (χ3v) is 8.25. The number of aromatic nitrogens is 4. The lowest BCUT2D eigenvalue weighted by Crippen LogP contribution is -2.53. The molecule has 1 aliphatic rings. The zero-order valence-corrected chi connectivity index (χ0v) is 22.5. The standard InChI is InChI=1S/C24H30FN7O6S/c1-24(2,3)19(22(35)27-11-16-29-30-23(38-16)20(26)33)28-21(34)17-14-5-4-6-15(25)18(14)32(31-17)12-13-7-9-39(36,37)10-8-13/h4-6,13,19H,7-12H2,1-3H3,(H2,26,33)(H,27,35)(H,28,34). The summed E-state index contributed by atoms with van der Waals surface area (Å²) in [5.74, 6) is -3.09. The van der Waals surface area contributed by atoms with Crippen LogP contribution in [0.5, 0.6) is 0 Å². The van der Waals surface area contributed by atoms with Crippen LogP contribution in [-0.2, 0) is 27.7 Å². The third-order valence-electron chi connectivity index (χ3n) is 6.54. The van der Waals surface area contributed by atoms with Crippen molar-refractivity contribution in [3.8, 4) is 0 Å². The minimum Gasteiger partial charge on any atom is -0.415 e. The zero-order valence-electron chi connectivity index (χ0n) is 21.7. The normalized spacial score (nSPS) is 16.6. The second-order valence-electron chi connectivity index (χ2n) is 10.6. The maximum Gasteiger partial charge on any atom is 0.306 e. The predicted molar refractivity (Wildman–Crippen MR) is 136 cm³/mol. The number of amides is 3. The van der Waals surface area contributed by atoms with Crippen molar-refractivity contribution in [1.82, 2.24) is 30.6 Å². The second-order valence-corrected chi connectivity index (χ2v) is 12.9. The molecule has 0 aliphatic carbocycles. The van der Waals surface area contributed by atoms with Gasteiger partial charge in [-0.3, -0.25) is 19.1 Å². The fraction of sp³-hybridized carbons (Fsp3) is 0.500. The average Bonchev–Trinajstić information content (AvgIpc) is 3.47. The van der Waals surface area contributed by atoms with Crippen molar-refractivity contribution in [1.29, 1.82) is 0 Å². The molecule has 3 heterocycles. The Kier molecular flexibility index (Phi) is 7.73. The summed E-state index contributed by atoms with van der Waals surface area (Å²) < 4.78 is 45.0. The minimum absolute atomic E-state index is 0.0416. The van der Waals surface area contributed by atoms with E-state index < -0.39 is 50.7 Å². The maximum absolute atomic E-state index is 14.9. The Bertz CT molecular complexity index is 1510. The van der Waals surface area contributed by atoms with Crippen LogP contribution in [0.25, 0.3) is 10.9 Å². The first-order chi connectivity index (χ1) is 18.2. The number of sulfone groups is 1. The van der Waals surface area contributed by atoms with Gasteiger partial charge in [0.1, 0.15) is 27.2 Å². The lowest BCUT2D eigenvalue weighted by atomic mass is 9.86. The number of hydrogen-bond donors (Lipinski definition) is 3. The Balaban J connectivity index is 1.54. The van der Waals surface area contributed by atoms with Gasteiger partial charge in [-0.25, -0.2) is 12.8 Å². The molecule has 13 nitrogen and oxygen atoms in total. The topological polar surface area (TPSA) is 192 Å². The molecule has 0 radical (unpaired) electrons. The van der Waals surface area contributed by atoms with Crippen LogP contribution in [0.2, 0.25) is 0 Å². The Hall–Kier alpha value is -3.88. The summed E-state index contributed by atoms with van der Waals surface area (Å²) in [6.07, 6.45) is 0.847. The van der Waals surface area contributed by atoms with Crippen LogP contribution >= 0.6 is 0 Å². The first-order valence-corrected chi connectivity index (χ1v) is 14.1. The molecule has 0 spiro atoms. The van der Waals surface area contributed by atoms with E-state index in [1.54, 1.807) is 26.8 Å². The molecule has 1 aliphatic heterocycles. The zero-order chi connectivity index (χ0) is 28.5. The highest BCUT2D eigenvalue weighted by molar-refractivity contribution is 7.91. The van der Waals surface area contributed by atoms with Gasteiger partial charge in [0.2, 0.25) is 11.8 Å². The van der Waals surface area contributed by atoms with Crippen molar-refractivity contribution in [2.75, 3.05) is 11.5 Å². The third kappa shape index (κ3) is 6.41. The first-order valence-electron chi connectivity index (χ1n) is 12.3. The Morgan fingerprint density at radius 2 is 1.90 bits per heavy atom. The van der Waals surface area contributed by atoms with Crippen molar-refractivity contribution >= 4 is 38.5 Å². The van der Waals surface area contributed by atoms with Crippen LogP contribution in [0.3, 0.4) is 0 Å². The Morgan fingerprint density at radius 3 is 2.51 bits per heavy atom. The molecule has 4 rings (SSSR count). The van der Waals surface area contributed by atoms with E-state index in [1.807, 2.05) is 0 Å². The predicted octanol–water partition coefficient (Wildman–Crippen LogP) is 0.943. The fourth-order valence-electron chi connectivity index (χ4n) is 4.42. The van der Waals surface area contributed by atoms with Crippen molar-refractivity contribution < 1.29 is 31.6 Å². The van der Waals surface area contributed by atoms with Crippen molar-refractivity contribution in [3.63, 3.8) is 0 Å². The van der Waals surface area contributed by atoms with E-state index in [4.69, 9.17) is 10.2 Å². The van der Waals surface area contributed by atoms with E-state index in [-0.39, 0.29) is 53.0 Å². The number of halogens is 1. The number of benzene rings is 1. The smallest absolute Gasteiger partial charge is 0.306 e. The molecule has 1 unspecified atom stereocenters. The number of carbonyl (C=O) groups excluding carboxylic acids is 3. The van der Waals surface area contributed by atoms with Gasteiger partial charge in [-0.2, -0.15) is 5.10 Å². The van der Waals surface area contributed by atoms with Gasteiger partial charge in [-0.1, -0.05) is 32.9 Å². The van der Waals surface area contributed by atoms with Crippen LogP contribution < -0.4 is 16.4 Å². The Labute approximate surface area is 223 Å². The van der Waals surface area contributed by atoms with Gasteiger partial charge in [-0.15, -0.1) is 10.2 Å². The molecule has 210 valence electrons. The molecule has 1 fully saturated rings. The van der Waals surface area contributed by atoms with Crippen LogP contribution in [0.4, 0.5) is 4.39 Å². The summed E-state index contributed by atoms with van der Waals surface area (Å²) in [4.78, 5) is 37.6. The van der Waals surface area contributed by atoms with E-state index in [2.05, 4.69) is 25.9 Å². The molecule has 0 saturated carbocycles. The molecule has 2 aromatic heterocycles. The first kappa shape index (κ1) is 28.1. The van der Waals surface area contributed by atoms with Gasteiger partial charge in [0.15, 0.2) is 5.69 Å². The van der Waals surface area contributed by atoms with Gasteiger partial charge in [-0.05, 0) is 30.2 Å². The lowest BCUT2D eigenvalue weighted by Gasteiger charge is -2.30. The molecule has 4 N–H and O–H groups in total. The molecular weight excluding hydrogens is 533 g/mol. The van der Waals surface area contributed by atoms with E-state index >= 15 is 0 Å². The fourth-order valence-corrected chi connectivity index (χ4v) is 6.01. The van der Waals surface area contributed by atoms with Gasteiger partial charge in [0, 0.05) is 11.9 Å². The highest BCUT2D eigenvalue weighted by Crippen LogP contribution is 2.27. The number of para-hydroxylation sites is 1. The molecule has 3 aromatic rings.